The van der Waals surface area contributed by atoms with Crippen LogP contribution in [0.15, 0.2) is 30.3 Å². The molecule has 0 radical (unpaired) electrons. The maximum absolute atomic E-state index is 14.0. The molecule has 2 aliphatic heterocycles. The number of hydrogen-bond donors (Lipinski definition) is 1. The maximum atomic E-state index is 14.0. The smallest absolute Gasteiger partial charge is 0.224 e. The van der Waals surface area contributed by atoms with Crippen LogP contribution in [0.3, 0.4) is 0 Å². The zero-order chi connectivity index (χ0) is 25.9. The quantitative estimate of drug-likeness (QED) is 0.498. The van der Waals surface area contributed by atoms with Gasteiger partial charge in [-0.15, -0.1) is 0 Å². The molecule has 0 spiro atoms. The molecule has 0 aliphatic carbocycles. The summed E-state index contributed by atoms with van der Waals surface area (Å²) >= 11 is 0. The van der Waals surface area contributed by atoms with E-state index < -0.39 is 0 Å². The van der Waals surface area contributed by atoms with Crippen LogP contribution in [0.5, 0.6) is 0 Å². The lowest BCUT2D eigenvalue weighted by molar-refractivity contribution is -0.133. The van der Waals surface area contributed by atoms with E-state index in [2.05, 4.69) is 10.00 Å². The minimum absolute atomic E-state index is 0.0220. The molecular weight excluding hydrogens is 473 g/mol. The molecule has 2 saturated heterocycles. The number of fused-ring (bicyclic) bond motifs is 1. The van der Waals surface area contributed by atoms with Crippen LogP contribution >= 0.6 is 0 Å². The molecule has 1 aromatic carbocycles. The lowest BCUT2D eigenvalue weighted by atomic mass is 10.1. The van der Waals surface area contributed by atoms with Crippen molar-refractivity contribution < 1.29 is 19.0 Å². The van der Waals surface area contributed by atoms with Gasteiger partial charge in [0.15, 0.2) is 0 Å². The number of halogens is 1. The van der Waals surface area contributed by atoms with Crippen molar-refractivity contribution in [3.8, 4) is 0 Å². The molecule has 0 saturated carbocycles. The molecule has 1 amide bonds. The molecular formula is C28H36FN5O3. The highest BCUT2D eigenvalue weighted by molar-refractivity contribution is 5.82. The molecule has 2 aromatic heterocycles. The number of pyridine rings is 1. The average Bonchev–Trinajstić information content (AvgIpc) is 3.50. The van der Waals surface area contributed by atoms with Crippen LogP contribution in [0.25, 0.3) is 10.9 Å². The number of piperidine rings is 1. The number of hydrogen-bond acceptors (Lipinski definition) is 6. The largest absolute Gasteiger partial charge is 0.393 e. The van der Waals surface area contributed by atoms with Gasteiger partial charge in [-0.05, 0) is 63.8 Å². The molecule has 9 heteroatoms. The third-order valence-electron chi connectivity index (χ3n) is 7.40. The number of aryl methyl sites for hydroxylation is 3. The Bertz CT molecular complexity index is 1250. The predicted molar refractivity (Wildman–Crippen MR) is 140 cm³/mol. The van der Waals surface area contributed by atoms with E-state index in [1.807, 2.05) is 35.6 Å². The highest BCUT2D eigenvalue weighted by Crippen LogP contribution is 2.29. The van der Waals surface area contributed by atoms with Crippen LogP contribution in [-0.4, -0.2) is 69.1 Å². The van der Waals surface area contributed by atoms with Crippen molar-refractivity contribution in [1.82, 2.24) is 19.7 Å². The van der Waals surface area contributed by atoms with E-state index in [-0.39, 0.29) is 23.9 Å². The summed E-state index contributed by atoms with van der Waals surface area (Å²) in [6.45, 7) is 7.45. The SMILES string of the molecule is Cc1cc(C)n(CCC(=O)N(Cc2cc3ccc(F)cc3nc2N2CCC(O)CC2)CC2CCCO2)n1. The molecule has 37 heavy (non-hydrogen) atoms. The number of carbonyl (C=O) groups excluding carboxylic acids is 1. The summed E-state index contributed by atoms with van der Waals surface area (Å²) in [5.74, 6) is 0.475. The summed E-state index contributed by atoms with van der Waals surface area (Å²) in [6.07, 6.45) is 3.30. The van der Waals surface area contributed by atoms with Crippen molar-refractivity contribution in [3.05, 3.63) is 53.1 Å². The average molecular weight is 510 g/mol. The number of aliphatic hydroxyl groups is 1. The number of nitrogens with zero attached hydrogens (tertiary/aromatic N) is 5. The first-order valence-electron chi connectivity index (χ1n) is 13.3. The summed E-state index contributed by atoms with van der Waals surface area (Å²) in [5.41, 5.74) is 3.49. The number of benzene rings is 1. The van der Waals surface area contributed by atoms with Gasteiger partial charge in [0.05, 0.1) is 23.4 Å². The number of rotatable bonds is 8. The molecule has 3 aromatic rings. The molecule has 198 valence electrons. The lowest BCUT2D eigenvalue weighted by Crippen LogP contribution is -2.39. The van der Waals surface area contributed by atoms with Crippen molar-refractivity contribution in [2.45, 2.75) is 71.2 Å². The third kappa shape index (κ3) is 6.10. The summed E-state index contributed by atoms with van der Waals surface area (Å²) in [6, 6.07) is 8.67. The summed E-state index contributed by atoms with van der Waals surface area (Å²) in [4.78, 5) is 22.5. The first-order valence-corrected chi connectivity index (χ1v) is 13.3. The van der Waals surface area contributed by atoms with Crippen molar-refractivity contribution in [3.63, 3.8) is 0 Å². The number of anilines is 1. The molecule has 1 unspecified atom stereocenters. The zero-order valence-electron chi connectivity index (χ0n) is 21.7. The van der Waals surface area contributed by atoms with Gasteiger partial charge in [-0.2, -0.15) is 5.10 Å². The number of amides is 1. The van der Waals surface area contributed by atoms with E-state index in [4.69, 9.17) is 9.72 Å². The second kappa shape index (κ2) is 11.1. The Hall–Kier alpha value is -3.04. The first-order chi connectivity index (χ1) is 17.9. The first kappa shape index (κ1) is 25.6. The van der Waals surface area contributed by atoms with Gasteiger partial charge in [0.2, 0.25) is 5.91 Å². The molecule has 8 nitrogen and oxygen atoms in total. The van der Waals surface area contributed by atoms with Crippen molar-refractivity contribution >= 4 is 22.6 Å². The Labute approximate surface area is 217 Å². The lowest BCUT2D eigenvalue weighted by Gasteiger charge is -2.33. The molecule has 5 rings (SSSR count). The second-order valence-electron chi connectivity index (χ2n) is 10.3. The summed E-state index contributed by atoms with van der Waals surface area (Å²) in [5, 5.41) is 15.4. The normalized spacial score (nSPS) is 18.6. The fourth-order valence-electron chi connectivity index (χ4n) is 5.40. The standard InChI is InChI=1S/C28H36FN5O3/c1-19-14-20(2)34(31-19)12-9-27(36)33(18-25-4-3-13-37-25)17-22-15-21-5-6-23(29)16-26(21)30-28(22)32-10-7-24(35)8-11-32/h5-6,14-16,24-25,35H,3-4,7-13,17-18H2,1-2H3. The molecule has 4 heterocycles. The van der Waals surface area contributed by atoms with E-state index in [9.17, 15) is 14.3 Å². The zero-order valence-corrected chi connectivity index (χ0v) is 21.7. The van der Waals surface area contributed by atoms with Gasteiger partial charge in [0, 0.05) is 68.5 Å². The molecule has 2 aliphatic rings. The summed E-state index contributed by atoms with van der Waals surface area (Å²) in [7, 11) is 0. The molecule has 1 atom stereocenters. The monoisotopic (exact) mass is 509 g/mol. The minimum atomic E-state index is -0.327. The minimum Gasteiger partial charge on any atom is -0.393 e. The Morgan fingerprint density at radius 3 is 2.70 bits per heavy atom. The second-order valence-corrected chi connectivity index (χ2v) is 10.3. The van der Waals surface area contributed by atoms with E-state index in [1.165, 1.54) is 12.1 Å². The summed E-state index contributed by atoms with van der Waals surface area (Å²) < 4.78 is 21.8. The van der Waals surface area contributed by atoms with Gasteiger partial charge in [-0.1, -0.05) is 0 Å². The van der Waals surface area contributed by atoms with E-state index >= 15 is 0 Å². The Balaban J connectivity index is 1.43. The Morgan fingerprint density at radius 1 is 1.19 bits per heavy atom. The fraction of sp³-hybridized carbons (Fsp3) is 0.536. The van der Waals surface area contributed by atoms with Gasteiger partial charge in [-0.3, -0.25) is 9.48 Å². The van der Waals surface area contributed by atoms with Crippen LogP contribution in [0.2, 0.25) is 0 Å². The predicted octanol–water partition coefficient (Wildman–Crippen LogP) is 3.75. The highest BCUT2D eigenvalue weighted by atomic mass is 19.1. The maximum Gasteiger partial charge on any atom is 0.224 e. The van der Waals surface area contributed by atoms with Crippen LogP contribution in [0.4, 0.5) is 10.2 Å². The van der Waals surface area contributed by atoms with Gasteiger partial charge in [-0.25, -0.2) is 9.37 Å². The topological polar surface area (TPSA) is 83.7 Å². The molecule has 1 N–H and O–H groups in total. The van der Waals surface area contributed by atoms with E-state index in [0.29, 0.717) is 57.5 Å². The van der Waals surface area contributed by atoms with E-state index in [0.717, 1.165) is 47.6 Å². The van der Waals surface area contributed by atoms with Crippen molar-refractivity contribution in [1.29, 1.82) is 0 Å². The van der Waals surface area contributed by atoms with Gasteiger partial charge in [0.1, 0.15) is 11.6 Å². The van der Waals surface area contributed by atoms with Gasteiger partial charge in [0.25, 0.3) is 0 Å². The number of aromatic nitrogens is 3. The van der Waals surface area contributed by atoms with Crippen molar-refractivity contribution in [2.24, 2.45) is 0 Å². The third-order valence-corrected chi connectivity index (χ3v) is 7.40. The fourth-order valence-corrected chi connectivity index (χ4v) is 5.40. The van der Waals surface area contributed by atoms with Crippen LogP contribution in [0, 0.1) is 19.7 Å². The van der Waals surface area contributed by atoms with E-state index in [1.54, 1.807) is 6.07 Å². The van der Waals surface area contributed by atoms with Crippen LogP contribution in [0.1, 0.15) is 49.1 Å². The van der Waals surface area contributed by atoms with Gasteiger partial charge < -0.3 is 19.6 Å². The van der Waals surface area contributed by atoms with Crippen LogP contribution < -0.4 is 4.90 Å². The number of aliphatic hydroxyl groups excluding tert-OH is 1. The molecule has 2 fully saturated rings. The number of ether oxygens (including phenoxy) is 1. The molecule has 0 bridgehead atoms. The van der Waals surface area contributed by atoms with Crippen LogP contribution in [-0.2, 0) is 22.6 Å². The number of carbonyl (C=O) groups is 1. The highest BCUT2D eigenvalue weighted by Gasteiger charge is 2.26. The Morgan fingerprint density at radius 2 is 2.00 bits per heavy atom. The Kier molecular flexibility index (Phi) is 7.71. The van der Waals surface area contributed by atoms with Gasteiger partial charge >= 0.3 is 0 Å². The van der Waals surface area contributed by atoms with Crippen molar-refractivity contribution in [2.75, 3.05) is 31.1 Å².